The van der Waals surface area contributed by atoms with E-state index in [4.69, 9.17) is 4.74 Å². The van der Waals surface area contributed by atoms with Crippen molar-refractivity contribution in [1.82, 2.24) is 5.32 Å². The Morgan fingerprint density at radius 2 is 2.00 bits per heavy atom. The first-order valence-corrected chi connectivity index (χ1v) is 6.04. The van der Waals surface area contributed by atoms with Gasteiger partial charge in [-0.2, -0.15) is 0 Å². The fourth-order valence-electron chi connectivity index (χ4n) is 2.40. The van der Waals surface area contributed by atoms with Gasteiger partial charge in [0.15, 0.2) is 0 Å². The Hall–Kier alpha value is -0.860. The molecule has 2 atom stereocenters. The first-order chi connectivity index (χ1) is 7.65. The molecular weight excluding hydrogens is 198 g/mol. The van der Waals surface area contributed by atoms with Crippen LogP contribution in [0.2, 0.25) is 0 Å². The van der Waals surface area contributed by atoms with Gasteiger partial charge in [-0.15, -0.1) is 0 Å². The molecule has 16 heavy (non-hydrogen) atoms. The molecule has 0 radical (unpaired) electrons. The lowest BCUT2D eigenvalue weighted by Gasteiger charge is -2.25. The molecule has 0 saturated carbocycles. The SMILES string of the molecule is COC(C)c1ccc(C2(C)CCCN2)cc1. The lowest BCUT2D eigenvalue weighted by atomic mass is 9.89. The average molecular weight is 219 g/mol. The summed E-state index contributed by atoms with van der Waals surface area (Å²) >= 11 is 0. The van der Waals surface area contributed by atoms with E-state index in [9.17, 15) is 0 Å². The van der Waals surface area contributed by atoms with E-state index >= 15 is 0 Å². The van der Waals surface area contributed by atoms with Crippen LogP contribution in [0.1, 0.15) is 43.9 Å². The third kappa shape index (κ3) is 2.13. The van der Waals surface area contributed by atoms with Crippen molar-refractivity contribution in [1.29, 1.82) is 0 Å². The molecule has 2 rings (SSSR count). The molecule has 0 aliphatic carbocycles. The zero-order valence-electron chi connectivity index (χ0n) is 10.4. The fraction of sp³-hybridized carbons (Fsp3) is 0.571. The largest absolute Gasteiger partial charge is 0.377 e. The summed E-state index contributed by atoms with van der Waals surface area (Å²) in [6.45, 7) is 5.49. The molecule has 0 aromatic heterocycles. The summed E-state index contributed by atoms with van der Waals surface area (Å²) in [5.74, 6) is 0. The second-order valence-electron chi connectivity index (χ2n) is 4.86. The van der Waals surface area contributed by atoms with Gasteiger partial charge in [0.25, 0.3) is 0 Å². The molecule has 88 valence electrons. The van der Waals surface area contributed by atoms with Crippen LogP contribution in [0.4, 0.5) is 0 Å². The smallest absolute Gasteiger partial charge is 0.0793 e. The first-order valence-electron chi connectivity index (χ1n) is 6.04. The zero-order valence-corrected chi connectivity index (χ0v) is 10.4. The number of ether oxygens (including phenoxy) is 1. The van der Waals surface area contributed by atoms with Crippen molar-refractivity contribution in [2.24, 2.45) is 0 Å². The van der Waals surface area contributed by atoms with E-state index in [1.54, 1.807) is 7.11 Å². The van der Waals surface area contributed by atoms with Gasteiger partial charge in [0.1, 0.15) is 0 Å². The lowest BCUT2D eigenvalue weighted by Crippen LogP contribution is -2.33. The maximum absolute atomic E-state index is 5.31. The van der Waals surface area contributed by atoms with Crippen LogP contribution in [0, 0.1) is 0 Å². The molecule has 0 bridgehead atoms. The van der Waals surface area contributed by atoms with E-state index in [1.807, 2.05) is 0 Å². The van der Waals surface area contributed by atoms with Gasteiger partial charge in [0.2, 0.25) is 0 Å². The highest BCUT2D eigenvalue weighted by Crippen LogP contribution is 2.31. The van der Waals surface area contributed by atoms with Crippen molar-refractivity contribution >= 4 is 0 Å². The van der Waals surface area contributed by atoms with E-state index in [-0.39, 0.29) is 11.6 Å². The van der Waals surface area contributed by atoms with Crippen molar-refractivity contribution in [2.75, 3.05) is 13.7 Å². The molecule has 0 amide bonds. The molecule has 0 spiro atoms. The lowest BCUT2D eigenvalue weighted by molar-refractivity contribution is 0.119. The quantitative estimate of drug-likeness (QED) is 0.843. The molecule has 1 fully saturated rings. The van der Waals surface area contributed by atoms with Crippen molar-refractivity contribution in [2.45, 2.75) is 38.3 Å². The summed E-state index contributed by atoms with van der Waals surface area (Å²) < 4.78 is 5.31. The number of methoxy groups -OCH3 is 1. The standard InChI is InChI=1S/C14H21NO/c1-11(16-3)12-5-7-13(8-6-12)14(2)9-4-10-15-14/h5-8,11,15H,4,9-10H2,1-3H3. The predicted octanol–water partition coefficient (Wildman–Crippen LogP) is 2.99. The Morgan fingerprint density at radius 1 is 1.31 bits per heavy atom. The summed E-state index contributed by atoms with van der Waals surface area (Å²) in [6, 6.07) is 8.80. The van der Waals surface area contributed by atoms with Crippen LogP contribution in [0.15, 0.2) is 24.3 Å². The Balaban J connectivity index is 2.18. The molecule has 1 saturated heterocycles. The van der Waals surface area contributed by atoms with Crippen molar-refractivity contribution in [3.63, 3.8) is 0 Å². The van der Waals surface area contributed by atoms with Gasteiger partial charge in [0, 0.05) is 12.6 Å². The van der Waals surface area contributed by atoms with Crippen molar-refractivity contribution in [3.05, 3.63) is 35.4 Å². The minimum Gasteiger partial charge on any atom is -0.377 e. The van der Waals surface area contributed by atoms with Gasteiger partial charge in [0.05, 0.1) is 6.10 Å². The van der Waals surface area contributed by atoms with Crippen LogP contribution >= 0.6 is 0 Å². The molecule has 2 unspecified atom stereocenters. The summed E-state index contributed by atoms with van der Waals surface area (Å²) in [6.07, 6.45) is 2.68. The van der Waals surface area contributed by atoms with E-state index in [0.29, 0.717) is 0 Å². The van der Waals surface area contributed by atoms with Crippen LogP contribution in [0.5, 0.6) is 0 Å². The highest BCUT2D eigenvalue weighted by Gasteiger charge is 2.29. The summed E-state index contributed by atoms with van der Waals surface area (Å²) in [7, 11) is 1.75. The normalized spacial score (nSPS) is 26.9. The number of nitrogens with one attached hydrogen (secondary N) is 1. The third-order valence-corrected chi connectivity index (χ3v) is 3.74. The third-order valence-electron chi connectivity index (χ3n) is 3.74. The summed E-state index contributed by atoms with van der Waals surface area (Å²) in [5, 5.41) is 3.58. The zero-order chi connectivity index (χ0) is 11.6. The van der Waals surface area contributed by atoms with Gasteiger partial charge in [-0.25, -0.2) is 0 Å². The Kier molecular flexibility index (Phi) is 3.31. The first kappa shape index (κ1) is 11.6. The molecule has 2 nitrogen and oxygen atoms in total. The van der Waals surface area contributed by atoms with Gasteiger partial charge in [-0.3, -0.25) is 0 Å². The molecule has 1 heterocycles. The molecule has 1 N–H and O–H groups in total. The van der Waals surface area contributed by atoms with Crippen LogP contribution in [0.25, 0.3) is 0 Å². The maximum atomic E-state index is 5.31. The molecule has 2 heteroatoms. The van der Waals surface area contributed by atoms with Crippen molar-refractivity contribution in [3.8, 4) is 0 Å². The van der Waals surface area contributed by atoms with Crippen LogP contribution in [-0.2, 0) is 10.3 Å². The molecule has 1 aliphatic heterocycles. The van der Waals surface area contributed by atoms with E-state index < -0.39 is 0 Å². The topological polar surface area (TPSA) is 21.3 Å². The fourth-order valence-corrected chi connectivity index (χ4v) is 2.40. The predicted molar refractivity (Wildman–Crippen MR) is 66.5 cm³/mol. The van der Waals surface area contributed by atoms with E-state index in [1.165, 1.54) is 24.0 Å². The van der Waals surface area contributed by atoms with Crippen molar-refractivity contribution < 1.29 is 4.74 Å². The second-order valence-corrected chi connectivity index (χ2v) is 4.86. The highest BCUT2D eigenvalue weighted by atomic mass is 16.5. The van der Waals surface area contributed by atoms with E-state index in [2.05, 4.69) is 43.4 Å². The molecule has 1 aromatic rings. The minimum atomic E-state index is 0.175. The molecular formula is C14H21NO. The number of benzene rings is 1. The molecule has 1 aliphatic rings. The Morgan fingerprint density at radius 3 is 2.50 bits per heavy atom. The summed E-state index contributed by atoms with van der Waals surface area (Å²) in [4.78, 5) is 0. The molecule has 1 aromatic carbocycles. The Labute approximate surface area is 98.0 Å². The minimum absolute atomic E-state index is 0.175. The van der Waals surface area contributed by atoms with Gasteiger partial charge >= 0.3 is 0 Å². The van der Waals surface area contributed by atoms with Crippen LogP contribution < -0.4 is 5.32 Å². The second kappa shape index (κ2) is 4.56. The monoisotopic (exact) mass is 219 g/mol. The van der Waals surface area contributed by atoms with Crippen LogP contribution in [-0.4, -0.2) is 13.7 Å². The van der Waals surface area contributed by atoms with Gasteiger partial charge in [-0.05, 0) is 44.4 Å². The number of rotatable bonds is 3. The van der Waals surface area contributed by atoms with Gasteiger partial charge < -0.3 is 10.1 Å². The highest BCUT2D eigenvalue weighted by molar-refractivity contribution is 5.29. The van der Waals surface area contributed by atoms with Crippen LogP contribution in [0.3, 0.4) is 0 Å². The number of hydrogen-bond donors (Lipinski definition) is 1. The van der Waals surface area contributed by atoms with E-state index in [0.717, 1.165) is 6.54 Å². The Bertz CT molecular complexity index is 338. The average Bonchev–Trinajstić information content (AvgIpc) is 2.77. The number of hydrogen-bond acceptors (Lipinski definition) is 2. The maximum Gasteiger partial charge on any atom is 0.0793 e. The summed E-state index contributed by atoms with van der Waals surface area (Å²) in [5.41, 5.74) is 2.80. The van der Waals surface area contributed by atoms with Gasteiger partial charge in [-0.1, -0.05) is 24.3 Å².